The molecule has 5 rings (SSSR count). The molecule has 0 saturated carbocycles. The molecule has 0 unspecified atom stereocenters. The molecule has 32 heavy (non-hydrogen) atoms. The van der Waals surface area contributed by atoms with Crippen LogP contribution in [0, 0.1) is 17.2 Å². The minimum atomic E-state index is -0.0189. The van der Waals surface area contributed by atoms with Crippen molar-refractivity contribution in [3.63, 3.8) is 0 Å². The van der Waals surface area contributed by atoms with Crippen molar-refractivity contribution in [2.75, 3.05) is 13.1 Å². The molecule has 1 aliphatic rings. The van der Waals surface area contributed by atoms with Crippen molar-refractivity contribution < 1.29 is 4.79 Å². The maximum absolute atomic E-state index is 13.3. The lowest BCUT2D eigenvalue weighted by Gasteiger charge is -2.30. The summed E-state index contributed by atoms with van der Waals surface area (Å²) in [5.41, 5.74) is 4.64. The number of pyridine rings is 1. The van der Waals surface area contributed by atoms with Gasteiger partial charge in [0.15, 0.2) is 10.7 Å². The number of hydrogen-bond acceptors (Lipinski definition) is 6. The number of nitrogens with zero attached hydrogens (tertiary/aromatic N) is 6. The van der Waals surface area contributed by atoms with Gasteiger partial charge in [-0.25, -0.2) is 15.0 Å². The van der Waals surface area contributed by atoms with Crippen LogP contribution in [0.1, 0.15) is 35.1 Å². The summed E-state index contributed by atoms with van der Waals surface area (Å²) in [6.07, 6.45) is 5.72. The summed E-state index contributed by atoms with van der Waals surface area (Å²) in [4.78, 5) is 29.9. The first kappa shape index (κ1) is 20.3. The Hall–Kier alpha value is -3.57. The number of aryl methyl sites for hydroxylation is 1. The molecule has 1 fully saturated rings. The monoisotopic (exact) mass is 442 g/mol. The molecule has 1 amide bonds. The van der Waals surface area contributed by atoms with Gasteiger partial charge in [0.2, 0.25) is 0 Å². The Bertz CT molecular complexity index is 1350. The molecule has 0 aliphatic carbocycles. The number of likely N-dealkylation sites (tertiary alicyclic amines) is 1. The zero-order chi connectivity index (χ0) is 22.2. The van der Waals surface area contributed by atoms with Crippen LogP contribution < -0.4 is 0 Å². The van der Waals surface area contributed by atoms with Crippen molar-refractivity contribution in [2.45, 2.75) is 19.8 Å². The van der Waals surface area contributed by atoms with E-state index >= 15 is 0 Å². The van der Waals surface area contributed by atoms with E-state index < -0.39 is 0 Å². The lowest BCUT2D eigenvalue weighted by molar-refractivity contribution is 0.0682. The van der Waals surface area contributed by atoms with Gasteiger partial charge >= 0.3 is 0 Å². The predicted octanol–water partition coefficient (Wildman–Crippen LogP) is 4.50. The SMILES string of the molecule is C[C@@H]1CCCN(C(=O)c2nc(-c3ccc(C#N)cc3)c(-c3cnc4c(c3)ncn4C)s2)C1. The van der Waals surface area contributed by atoms with Crippen molar-refractivity contribution in [2.24, 2.45) is 13.0 Å². The number of aromatic nitrogens is 4. The Balaban J connectivity index is 1.61. The third kappa shape index (κ3) is 3.65. The fourth-order valence-corrected chi connectivity index (χ4v) is 5.19. The minimum absolute atomic E-state index is 0.0189. The molecule has 1 aromatic carbocycles. The minimum Gasteiger partial charge on any atom is -0.336 e. The van der Waals surface area contributed by atoms with Gasteiger partial charge in [-0.15, -0.1) is 11.3 Å². The van der Waals surface area contributed by atoms with Gasteiger partial charge in [-0.05, 0) is 37.0 Å². The van der Waals surface area contributed by atoms with E-state index in [-0.39, 0.29) is 5.91 Å². The average Bonchev–Trinajstić information content (AvgIpc) is 3.43. The van der Waals surface area contributed by atoms with E-state index in [0.717, 1.165) is 58.8 Å². The largest absolute Gasteiger partial charge is 0.336 e. The van der Waals surface area contributed by atoms with Crippen molar-refractivity contribution >= 4 is 28.4 Å². The van der Waals surface area contributed by atoms with Crippen LogP contribution in [-0.4, -0.2) is 43.4 Å². The van der Waals surface area contributed by atoms with Gasteiger partial charge < -0.3 is 9.47 Å². The number of fused-ring (bicyclic) bond motifs is 1. The van der Waals surface area contributed by atoms with Gasteiger partial charge in [0, 0.05) is 37.5 Å². The normalized spacial score (nSPS) is 16.3. The van der Waals surface area contributed by atoms with Crippen LogP contribution in [0.4, 0.5) is 0 Å². The Morgan fingerprint density at radius 1 is 1.22 bits per heavy atom. The fraction of sp³-hybridized carbons (Fsp3) is 0.292. The summed E-state index contributed by atoms with van der Waals surface area (Å²) in [6.45, 7) is 3.72. The molecule has 0 spiro atoms. The average molecular weight is 443 g/mol. The van der Waals surface area contributed by atoms with Crippen LogP contribution >= 0.6 is 11.3 Å². The van der Waals surface area contributed by atoms with Crippen LogP contribution in [0.2, 0.25) is 0 Å². The number of amides is 1. The number of piperidine rings is 1. The first-order valence-electron chi connectivity index (χ1n) is 10.6. The molecule has 0 N–H and O–H groups in total. The van der Waals surface area contributed by atoms with E-state index in [0.29, 0.717) is 16.5 Å². The van der Waals surface area contributed by atoms with Crippen LogP contribution in [0.25, 0.3) is 32.9 Å². The molecule has 160 valence electrons. The number of carbonyl (C=O) groups is 1. The highest BCUT2D eigenvalue weighted by atomic mass is 32.1. The van der Waals surface area contributed by atoms with Gasteiger partial charge in [-0.1, -0.05) is 19.1 Å². The van der Waals surface area contributed by atoms with Gasteiger partial charge in [-0.2, -0.15) is 5.26 Å². The zero-order valence-electron chi connectivity index (χ0n) is 17.9. The van der Waals surface area contributed by atoms with E-state index in [4.69, 9.17) is 10.2 Å². The quantitative estimate of drug-likeness (QED) is 0.466. The molecule has 7 nitrogen and oxygen atoms in total. The lowest BCUT2D eigenvalue weighted by atomic mass is 10.0. The van der Waals surface area contributed by atoms with Gasteiger partial charge in [-0.3, -0.25) is 4.79 Å². The van der Waals surface area contributed by atoms with Crippen molar-refractivity contribution in [3.05, 3.63) is 53.4 Å². The third-order valence-corrected chi connectivity index (χ3v) is 6.95. The van der Waals surface area contributed by atoms with Crippen molar-refractivity contribution in [3.8, 4) is 27.8 Å². The summed E-state index contributed by atoms with van der Waals surface area (Å²) in [6, 6.07) is 11.4. The molecule has 0 bridgehead atoms. The van der Waals surface area contributed by atoms with Gasteiger partial charge in [0.05, 0.1) is 28.5 Å². The smallest absolute Gasteiger partial charge is 0.282 e. The maximum Gasteiger partial charge on any atom is 0.282 e. The van der Waals surface area contributed by atoms with Gasteiger partial charge in [0.1, 0.15) is 5.52 Å². The molecule has 0 radical (unpaired) electrons. The highest BCUT2D eigenvalue weighted by Crippen LogP contribution is 2.38. The highest BCUT2D eigenvalue weighted by molar-refractivity contribution is 7.17. The maximum atomic E-state index is 13.3. The van der Waals surface area contributed by atoms with Crippen LogP contribution in [0.15, 0.2) is 42.9 Å². The predicted molar refractivity (Wildman–Crippen MR) is 124 cm³/mol. The van der Waals surface area contributed by atoms with Gasteiger partial charge in [0.25, 0.3) is 5.91 Å². The first-order chi connectivity index (χ1) is 15.5. The zero-order valence-corrected chi connectivity index (χ0v) is 18.8. The Kier molecular flexibility index (Phi) is 5.19. The summed E-state index contributed by atoms with van der Waals surface area (Å²) >= 11 is 1.39. The molecular formula is C24H22N6OS. The number of rotatable bonds is 3. The first-order valence-corrected chi connectivity index (χ1v) is 11.4. The van der Waals surface area contributed by atoms with Crippen LogP contribution in [0.5, 0.6) is 0 Å². The number of thiazole rings is 1. The standard InChI is InChI=1S/C24H22N6OS/c1-15-4-3-9-30(13-15)24(31)23-28-20(17-7-5-16(11-25)6-8-17)21(32-23)18-10-19-22(26-12-18)29(2)14-27-19/h5-8,10,12,14-15H,3-4,9,13H2,1-2H3/t15-/m1/s1. The van der Waals surface area contributed by atoms with E-state index in [9.17, 15) is 4.79 Å². The second-order valence-corrected chi connectivity index (χ2v) is 9.31. The topological polar surface area (TPSA) is 87.7 Å². The van der Waals surface area contributed by atoms with Crippen molar-refractivity contribution in [1.29, 1.82) is 5.26 Å². The number of nitriles is 1. The van der Waals surface area contributed by atoms with Crippen LogP contribution in [0.3, 0.4) is 0 Å². The molecule has 1 atom stereocenters. The van der Waals surface area contributed by atoms with E-state index in [1.165, 1.54) is 11.3 Å². The van der Waals surface area contributed by atoms with Crippen molar-refractivity contribution in [1.82, 2.24) is 24.4 Å². The van der Waals surface area contributed by atoms with Crippen LogP contribution in [-0.2, 0) is 7.05 Å². The Morgan fingerprint density at radius 3 is 2.78 bits per heavy atom. The number of carbonyl (C=O) groups excluding carboxylic acids is 1. The summed E-state index contributed by atoms with van der Waals surface area (Å²) < 4.78 is 1.87. The Morgan fingerprint density at radius 2 is 2.03 bits per heavy atom. The summed E-state index contributed by atoms with van der Waals surface area (Å²) in [5.74, 6) is 0.482. The summed E-state index contributed by atoms with van der Waals surface area (Å²) in [7, 11) is 1.91. The second-order valence-electron chi connectivity index (χ2n) is 8.31. The molecule has 4 aromatic rings. The van der Waals surface area contributed by atoms with E-state index in [2.05, 4.69) is 23.0 Å². The molecular weight excluding hydrogens is 420 g/mol. The number of imidazole rings is 1. The third-order valence-electron chi connectivity index (χ3n) is 5.86. The molecule has 3 aromatic heterocycles. The highest BCUT2D eigenvalue weighted by Gasteiger charge is 2.27. The number of benzene rings is 1. The van der Waals surface area contributed by atoms with E-state index in [1.807, 2.05) is 40.9 Å². The summed E-state index contributed by atoms with van der Waals surface area (Å²) in [5, 5.41) is 9.63. The molecule has 4 heterocycles. The number of hydrogen-bond donors (Lipinski definition) is 0. The molecule has 8 heteroatoms. The molecule has 1 aliphatic heterocycles. The Labute approximate surface area is 190 Å². The second kappa shape index (κ2) is 8.17. The molecule has 1 saturated heterocycles. The lowest BCUT2D eigenvalue weighted by Crippen LogP contribution is -2.39. The fourth-order valence-electron chi connectivity index (χ4n) is 4.16. The van der Waals surface area contributed by atoms with E-state index in [1.54, 1.807) is 18.5 Å².